The van der Waals surface area contributed by atoms with E-state index in [1.54, 1.807) is 11.0 Å². The van der Waals surface area contributed by atoms with Gasteiger partial charge in [0.2, 0.25) is 17.7 Å². The van der Waals surface area contributed by atoms with E-state index in [1.807, 2.05) is 25.1 Å². The number of benzene rings is 1. The van der Waals surface area contributed by atoms with Gasteiger partial charge in [0, 0.05) is 13.0 Å². The molecule has 2 heterocycles. The van der Waals surface area contributed by atoms with E-state index in [0.717, 1.165) is 24.8 Å². The minimum atomic E-state index is -0.0471. The number of carbonyl (C=O) groups is 1. The van der Waals surface area contributed by atoms with Crippen molar-refractivity contribution in [3.05, 3.63) is 35.2 Å². The molecule has 0 spiro atoms. The first-order valence-electron chi connectivity index (χ1n) is 8.15. The van der Waals surface area contributed by atoms with Crippen LogP contribution in [0.2, 0.25) is 5.02 Å². The molecule has 0 saturated carbocycles. The van der Waals surface area contributed by atoms with Crippen LogP contribution in [0.3, 0.4) is 0 Å². The Balaban J connectivity index is 1.44. The number of thioether (sulfide) groups is 1. The van der Waals surface area contributed by atoms with E-state index in [1.165, 1.54) is 11.8 Å². The second kappa shape index (κ2) is 8.29. The first-order chi connectivity index (χ1) is 12.1. The molecule has 25 heavy (non-hydrogen) atoms. The summed E-state index contributed by atoms with van der Waals surface area (Å²) >= 11 is 12.8. The Kier molecular flexibility index (Phi) is 6.09. The maximum Gasteiger partial charge on any atom is 0.249 e. The van der Waals surface area contributed by atoms with Crippen molar-refractivity contribution in [2.24, 2.45) is 0 Å². The molecule has 1 fully saturated rings. The van der Waals surface area contributed by atoms with Crippen molar-refractivity contribution >= 4 is 45.8 Å². The number of hydrogen-bond donors (Lipinski definition) is 0. The minimum Gasteiger partial charge on any atom is -0.421 e. The predicted octanol–water partition coefficient (Wildman–Crippen LogP) is 4.35. The zero-order valence-electron chi connectivity index (χ0n) is 13.8. The second-order valence-electron chi connectivity index (χ2n) is 5.81. The number of rotatable bonds is 7. The van der Waals surface area contributed by atoms with Crippen LogP contribution in [0.4, 0.5) is 0 Å². The highest BCUT2D eigenvalue weighted by Gasteiger charge is 2.32. The van der Waals surface area contributed by atoms with Gasteiger partial charge in [-0.2, -0.15) is 0 Å². The van der Waals surface area contributed by atoms with Crippen LogP contribution in [0.15, 0.2) is 28.7 Å². The number of aromatic nitrogens is 2. The van der Waals surface area contributed by atoms with E-state index in [4.69, 9.17) is 28.2 Å². The van der Waals surface area contributed by atoms with Crippen LogP contribution in [-0.2, 0) is 11.2 Å². The van der Waals surface area contributed by atoms with Gasteiger partial charge in [0.15, 0.2) is 0 Å². The van der Waals surface area contributed by atoms with Crippen molar-refractivity contribution in [1.29, 1.82) is 0 Å². The maximum absolute atomic E-state index is 11.9. The fraction of sp³-hybridized carbons (Fsp3) is 0.412. The highest BCUT2D eigenvalue weighted by Crippen LogP contribution is 2.28. The maximum atomic E-state index is 11.9. The Bertz CT molecular complexity index is 781. The van der Waals surface area contributed by atoms with Gasteiger partial charge in [-0.05, 0) is 31.9 Å². The lowest BCUT2D eigenvalue weighted by Crippen LogP contribution is -2.31. The highest BCUT2D eigenvalue weighted by molar-refractivity contribution is 8.24. The lowest BCUT2D eigenvalue weighted by atomic mass is 10.2. The smallest absolute Gasteiger partial charge is 0.249 e. The van der Waals surface area contributed by atoms with Gasteiger partial charge in [0.05, 0.1) is 15.8 Å². The lowest BCUT2D eigenvalue weighted by Gasteiger charge is -2.14. The Morgan fingerprint density at radius 3 is 2.80 bits per heavy atom. The van der Waals surface area contributed by atoms with Gasteiger partial charge in [-0.3, -0.25) is 9.69 Å². The minimum absolute atomic E-state index is 0.0471. The number of hydrogen-bond acceptors (Lipinski definition) is 6. The normalized spacial score (nSPS) is 17.5. The molecule has 8 heteroatoms. The summed E-state index contributed by atoms with van der Waals surface area (Å²) in [6.45, 7) is 2.58. The Morgan fingerprint density at radius 1 is 1.28 bits per heavy atom. The van der Waals surface area contributed by atoms with Crippen molar-refractivity contribution in [2.75, 3.05) is 6.54 Å². The number of nitrogens with zero attached hydrogens (tertiary/aromatic N) is 3. The van der Waals surface area contributed by atoms with Gasteiger partial charge < -0.3 is 4.42 Å². The lowest BCUT2D eigenvalue weighted by molar-refractivity contribution is -0.125. The third-order valence-electron chi connectivity index (χ3n) is 3.96. The summed E-state index contributed by atoms with van der Waals surface area (Å²) in [5, 5.41) is 8.69. The van der Waals surface area contributed by atoms with Crippen LogP contribution in [0.25, 0.3) is 11.5 Å². The summed E-state index contributed by atoms with van der Waals surface area (Å²) in [7, 11) is 0. The predicted molar refractivity (Wildman–Crippen MR) is 104 cm³/mol. The molecule has 0 bridgehead atoms. The molecule has 2 aromatic rings. The Hall–Kier alpha value is -1.44. The fourth-order valence-corrected chi connectivity index (χ4v) is 4.27. The monoisotopic (exact) mass is 395 g/mol. The van der Waals surface area contributed by atoms with Crippen molar-refractivity contribution < 1.29 is 9.21 Å². The fourth-order valence-electron chi connectivity index (χ4n) is 2.60. The Morgan fingerprint density at radius 2 is 2.08 bits per heavy atom. The van der Waals surface area contributed by atoms with E-state index in [2.05, 4.69) is 10.2 Å². The van der Waals surface area contributed by atoms with Gasteiger partial charge in [0.1, 0.15) is 4.32 Å². The average Bonchev–Trinajstić information content (AvgIpc) is 3.14. The van der Waals surface area contributed by atoms with Crippen molar-refractivity contribution in [2.45, 2.75) is 37.9 Å². The van der Waals surface area contributed by atoms with Crippen molar-refractivity contribution in [1.82, 2.24) is 15.1 Å². The number of thiocarbonyl (C=S) groups is 1. The van der Waals surface area contributed by atoms with E-state index in [9.17, 15) is 4.79 Å². The van der Waals surface area contributed by atoms with Gasteiger partial charge in [0.25, 0.3) is 0 Å². The van der Waals surface area contributed by atoms with E-state index in [0.29, 0.717) is 34.1 Å². The van der Waals surface area contributed by atoms with Crippen LogP contribution in [0.5, 0.6) is 0 Å². The second-order valence-corrected chi connectivity index (χ2v) is 8.19. The molecule has 1 aliphatic heterocycles. The molecule has 1 aromatic heterocycles. The molecule has 1 amide bonds. The van der Waals surface area contributed by atoms with E-state index in [-0.39, 0.29) is 11.2 Å². The standard InChI is InChI=1S/C17H18ClN3O2S2/c1-11-16(22)21(17(24)25-11)10-6-2-3-9-14-19-20-15(23-14)12-7-4-5-8-13(12)18/h4-5,7-8,11H,2-3,6,9-10H2,1H3. The van der Waals surface area contributed by atoms with Crippen LogP contribution in [0.1, 0.15) is 32.1 Å². The third kappa shape index (κ3) is 4.40. The summed E-state index contributed by atoms with van der Waals surface area (Å²) in [5.41, 5.74) is 0.746. The zero-order valence-corrected chi connectivity index (χ0v) is 16.2. The first kappa shape index (κ1) is 18.4. The first-order valence-corrected chi connectivity index (χ1v) is 9.82. The molecule has 1 unspecified atom stereocenters. The average molecular weight is 396 g/mol. The summed E-state index contributed by atoms with van der Waals surface area (Å²) in [6.07, 6.45) is 3.50. The van der Waals surface area contributed by atoms with Crippen LogP contribution >= 0.6 is 35.6 Å². The molecule has 5 nitrogen and oxygen atoms in total. The molecule has 0 aliphatic carbocycles. The van der Waals surface area contributed by atoms with Crippen molar-refractivity contribution in [3.8, 4) is 11.5 Å². The highest BCUT2D eigenvalue weighted by atomic mass is 35.5. The molecule has 0 radical (unpaired) electrons. The zero-order chi connectivity index (χ0) is 17.8. The van der Waals surface area contributed by atoms with Gasteiger partial charge in [-0.15, -0.1) is 10.2 Å². The van der Waals surface area contributed by atoms with Gasteiger partial charge in [-0.1, -0.05) is 54.1 Å². The largest absolute Gasteiger partial charge is 0.421 e. The summed E-state index contributed by atoms with van der Waals surface area (Å²) in [6, 6.07) is 7.39. The summed E-state index contributed by atoms with van der Waals surface area (Å²) in [5.74, 6) is 1.17. The summed E-state index contributed by atoms with van der Waals surface area (Å²) in [4.78, 5) is 13.7. The molecule has 1 atom stereocenters. The van der Waals surface area contributed by atoms with Gasteiger partial charge >= 0.3 is 0 Å². The molecule has 3 rings (SSSR count). The topological polar surface area (TPSA) is 59.2 Å². The number of carbonyl (C=O) groups excluding carboxylic acids is 1. The molecule has 1 aromatic carbocycles. The quantitative estimate of drug-likeness (QED) is 0.513. The molecular formula is C17H18ClN3O2S2. The SMILES string of the molecule is CC1SC(=S)N(CCCCCc2nnc(-c3ccccc3Cl)o2)C1=O. The van der Waals surface area contributed by atoms with Crippen LogP contribution < -0.4 is 0 Å². The Labute approximate surface area is 161 Å². The van der Waals surface area contributed by atoms with Crippen molar-refractivity contribution in [3.63, 3.8) is 0 Å². The number of halogens is 1. The number of unbranched alkanes of at least 4 members (excludes halogenated alkanes) is 2. The van der Waals surface area contributed by atoms with Crippen LogP contribution in [0, 0.1) is 0 Å². The molecular weight excluding hydrogens is 378 g/mol. The molecule has 1 aliphatic rings. The van der Waals surface area contributed by atoms with E-state index < -0.39 is 0 Å². The molecule has 132 valence electrons. The number of aryl methyl sites for hydroxylation is 1. The summed E-state index contributed by atoms with van der Waals surface area (Å²) < 4.78 is 6.38. The molecule has 0 N–H and O–H groups in total. The van der Waals surface area contributed by atoms with E-state index >= 15 is 0 Å². The van der Waals surface area contributed by atoms with Gasteiger partial charge in [-0.25, -0.2) is 0 Å². The van der Waals surface area contributed by atoms with Crippen LogP contribution in [-0.4, -0.2) is 37.1 Å². The third-order valence-corrected chi connectivity index (χ3v) is 5.77. The number of amides is 1. The molecule has 1 saturated heterocycles.